The average molecular weight is 313 g/mol. The van der Waals surface area contributed by atoms with Gasteiger partial charge >= 0.3 is 0 Å². The highest BCUT2D eigenvalue weighted by Crippen LogP contribution is 2.21. The molecule has 1 aliphatic heterocycles. The van der Waals surface area contributed by atoms with Gasteiger partial charge in [0.15, 0.2) is 0 Å². The van der Waals surface area contributed by atoms with E-state index in [2.05, 4.69) is 5.10 Å². The highest BCUT2D eigenvalue weighted by atomic mass is 16.3. The number of aliphatic hydroxyl groups excluding tert-OH is 1. The minimum absolute atomic E-state index is 0.0355. The van der Waals surface area contributed by atoms with Crippen molar-refractivity contribution in [3.05, 3.63) is 53.9 Å². The van der Waals surface area contributed by atoms with Crippen LogP contribution in [0.4, 0.5) is 0 Å². The lowest BCUT2D eigenvalue weighted by atomic mass is 9.92. The lowest BCUT2D eigenvalue weighted by Gasteiger charge is -2.33. The number of benzene rings is 1. The molecule has 1 aromatic carbocycles. The summed E-state index contributed by atoms with van der Waals surface area (Å²) in [4.78, 5) is 14.4. The van der Waals surface area contributed by atoms with Gasteiger partial charge in [0.2, 0.25) is 0 Å². The maximum atomic E-state index is 12.6. The number of hydrogen-bond acceptors (Lipinski definition) is 3. The average Bonchev–Trinajstić information content (AvgIpc) is 3.03. The summed E-state index contributed by atoms with van der Waals surface area (Å²) in [6.45, 7) is 3.91. The Kier molecular flexibility index (Phi) is 4.76. The summed E-state index contributed by atoms with van der Waals surface area (Å²) in [6, 6.07) is 10.1. The molecule has 1 atom stereocenters. The number of rotatable bonds is 4. The van der Waals surface area contributed by atoms with Crippen LogP contribution in [0.5, 0.6) is 0 Å². The highest BCUT2D eigenvalue weighted by molar-refractivity contribution is 5.93. The van der Waals surface area contributed by atoms with E-state index in [9.17, 15) is 9.90 Å². The standard InChI is InChI=1S/C18H23N3O2/c1-14(22)16-7-9-20(10-8-16)18(23)17-11-19-21(13-17)12-15-5-3-2-4-6-15/h2-6,11,13-14,16,22H,7-10,12H2,1H3. The van der Waals surface area contributed by atoms with Gasteiger partial charge in [-0.1, -0.05) is 30.3 Å². The zero-order valence-electron chi connectivity index (χ0n) is 13.4. The van der Waals surface area contributed by atoms with Crippen LogP contribution in [0, 0.1) is 5.92 Å². The van der Waals surface area contributed by atoms with Crippen molar-refractivity contribution < 1.29 is 9.90 Å². The van der Waals surface area contributed by atoms with E-state index in [4.69, 9.17) is 0 Å². The van der Waals surface area contributed by atoms with E-state index in [1.54, 1.807) is 10.9 Å². The van der Waals surface area contributed by atoms with Crippen LogP contribution in [-0.4, -0.2) is 44.9 Å². The molecule has 2 heterocycles. The molecule has 1 amide bonds. The van der Waals surface area contributed by atoms with Gasteiger partial charge in [-0.3, -0.25) is 9.48 Å². The van der Waals surface area contributed by atoms with Crippen LogP contribution in [0.1, 0.15) is 35.7 Å². The predicted octanol–water partition coefficient (Wildman–Crippen LogP) is 2.16. The van der Waals surface area contributed by atoms with Gasteiger partial charge < -0.3 is 10.0 Å². The second-order valence-corrected chi connectivity index (χ2v) is 6.28. The molecular weight excluding hydrogens is 290 g/mol. The van der Waals surface area contributed by atoms with Gasteiger partial charge in [0, 0.05) is 19.3 Å². The first kappa shape index (κ1) is 15.7. The Morgan fingerprint density at radius 3 is 2.65 bits per heavy atom. The minimum atomic E-state index is -0.291. The van der Waals surface area contributed by atoms with Gasteiger partial charge in [-0.25, -0.2) is 0 Å². The van der Waals surface area contributed by atoms with Gasteiger partial charge in [0.1, 0.15) is 0 Å². The number of nitrogens with zero attached hydrogens (tertiary/aromatic N) is 3. The Hall–Kier alpha value is -2.14. The van der Waals surface area contributed by atoms with E-state index in [0.717, 1.165) is 18.4 Å². The van der Waals surface area contributed by atoms with Crippen LogP contribution in [0.25, 0.3) is 0 Å². The van der Waals surface area contributed by atoms with Crippen LogP contribution in [0.2, 0.25) is 0 Å². The van der Waals surface area contributed by atoms with E-state index in [-0.39, 0.29) is 12.0 Å². The van der Waals surface area contributed by atoms with Crippen molar-refractivity contribution in [2.45, 2.75) is 32.4 Å². The normalized spacial score (nSPS) is 17.2. The molecule has 1 aliphatic rings. The van der Waals surface area contributed by atoms with Crippen LogP contribution in [0.3, 0.4) is 0 Å². The number of likely N-dealkylation sites (tertiary alicyclic amines) is 1. The molecular formula is C18H23N3O2. The van der Waals surface area contributed by atoms with Crippen molar-refractivity contribution in [3.8, 4) is 0 Å². The third kappa shape index (κ3) is 3.79. The summed E-state index contributed by atoms with van der Waals surface area (Å²) in [5.74, 6) is 0.341. The molecule has 0 radical (unpaired) electrons. The predicted molar refractivity (Wildman–Crippen MR) is 88.1 cm³/mol. The summed E-state index contributed by atoms with van der Waals surface area (Å²) < 4.78 is 1.80. The van der Waals surface area contributed by atoms with Crippen molar-refractivity contribution in [3.63, 3.8) is 0 Å². The summed E-state index contributed by atoms with van der Waals surface area (Å²) in [6.07, 6.45) is 4.89. The highest BCUT2D eigenvalue weighted by Gasteiger charge is 2.26. The van der Waals surface area contributed by atoms with Crippen molar-refractivity contribution in [2.75, 3.05) is 13.1 Å². The van der Waals surface area contributed by atoms with Crippen molar-refractivity contribution in [2.24, 2.45) is 5.92 Å². The number of carbonyl (C=O) groups excluding carboxylic acids is 1. The Morgan fingerprint density at radius 1 is 1.30 bits per heavy atom. The van der Waals surface area contributed by atoms with Crippen LogP contribution in [0.15, 0.2) is 42.7 Å². The molecule has 3 rings (SSSR count). The van der Waals surface area contributed by atoms with Crippen molar-refractivity contribution in [1.29, 1.82) is 0 Å². The van der Waals surface area contributed by atoms with Crippen LogP contribution < -0.4 is 0 Å². The fraction of sp³-hybridized carbons (Fsp3) is 0.444. The van der Waals surface area contributed by atoms with E-state index < -0.39 is 0 Å². The zero-order valence-corrected chi connectivity index (χ0v) is 13.4. The number of amides is 1. The van der Waals surface area contributed by atoms with E-state index in [1.165, 1.54) is 0 Å². The monoisotopic (exact) mass is 313 g/mol. The molecule has 2 aromatic rings. The number of aromatic nitrogens is 2. The first-order chi connectivity index (χ1) is 11.1. The molecule has 122 valence electrons. The molecule has 5 heteroatoms. The molecule has 0 aliphatic carbocycles. The Morgan fingerprint density at radius 2 is 2.00 bits per heavy atom. The molecule has 1 saturated heterocycles. The SMILES string of the molecule is CC(O)C1CCN(C(=O)c2cnn(Cc3ccccc3)c2)CC1. The summed E-state index contributed by atoms with van der Waals surface area (Å²) >= 11 is 0. The maximum Gasteiger partial charge on any atom is 0.257 e. The first-order valence-corrected chi connectivity index (χ1v) is 8.17. The molecule has 1 unspecified atom stereocenters. The quantitative estimate of drug-likeness (QED) is 0.941. The molecule has 1 fully saturated rings. The Bertz CT molecular complexity index is 643. The third-order valence-electron chi connectivity index (χ3n) is 4.58. The minimum Gasteiger partial charge on any atom is -0.393 e. The number of piperidine rings is 1. The molecule has 23 heavy (non-hydrogen) atoms. The largest absolute Gasteiger partial charge is 0.393 e. The molecule has 1 N–H and O–H groups in total. The smallest absolute Gasteiger partial charge is 0.257 e. The molecule has 5 nitrogen and oxygen atoms in total. The molecule has 0 spiro atoms. The zero-order chi connectivity index (χ0) is 16.2. The van der Waals surface area contributed by atoms with Gasteiger partial charge in [0.25, 0.3) is 5.91 Å². The Balaban J connectivity index is 1.61. The fourth-order valence-corrected chi connectivity index (χ4v) is 3.10. The lowest BCUT2D eigenvalue weighted by molar-refractivity contribution is 0.0521. The molecule has 1 aromatic heterocycles. The Labute approximate surface area is 136 Å². The van der Waals surface area contributed by atoms with Gasteiger partial charge in [-0.2, -0.15) is 5.10 Å². The van der Waals surface area contributed by atoms with Gasteiger partial charge in [-0.15, -0.1) is 0 Å². The summed E-state index contributed by atoms with van der Waals surface area (Å²) in [5.41, 5.74) is 1.80. The van der Waals surface area contributed by atoms with Crippen LogP contribution >= 0.6 is 0 Å². The lowest BCUT2D eigenvalue weighted by Crippen LogP contribution is -2.40. The van der Waals surface area contributed by atoms with E-state index in [1.807, 2.05) is 48.4 Å². The topological polar surface area (TPSA) is 58.4 Å². The first-order valence-electron chi connectivity index (χ1n) is 8.17. The molecule has 0 saturated carbocycles. The van der Waals surface area contributed by atoms with Crippen molar-refractivity contribution in [1.82, 2.24) is 14.7 Å². The van der Waals surface area contributed by atoms with Gasteiger partial charge in [-0.05, 0) is 31.2 Å². The molecule has 0 bridgehead atoms. The number of hydrogen-bond donors (Lipinski definition) is 1. The fourth-order valence-electron chi connectivity index (χ4n) is 3.10. The summed E-state index contributed by atoms with van der Waals surface area (Å²) in [5, 5.41) is 13.9. The van der Waals surface area contributed by atoms with Crippen molar-refractivity contribution >= 4 is 5.91 Å². The maximum absolute atomic E-state index is 12.6. The van der Waals surface area contributed by atoms with E-state index >= 15 is 0 Å². The summed E-state index contributed by atoms with van der Waals surface area (Å²) in [7, 11) is 0. The number of carbonyl (C=O) groups is 1. The second-order valence-electron chi connectivity index (χ2n) is 6.28. The van der Waals surface area contributed by atoms with Gasteiger partial charge in [0.05, 0.1) is 24.4 Å². The third-order valence-corrected chi connectivity index (χ3v) is 4.58. The van der Waals surface area contributed by atoms with E-state index in [0.29, 0.717) is 31.1 Å². The number of aliphatic hydroxyl groups is 1. The van der Waals surface area contributed by atoms with Crippen LogP contribution in [-0.2, 0) is 6.54 Å². The second kappa shape index (κ2) is 6.96.